The van der Waals surface area contributed by atoms with Crippen molar-refractivity contribution in [3.05, 3.63) is 59.4 Å². The fourth-order valence-corrected chi connectivity index (χ4v) is 2.14. The van der Waals surface area contributed by atoms with Gasteiger partial charge in [-0.2, -0.15) is 5.10 Å². The Morgan fingerprint density at radius 3 is 2.34 bits per heavy atom. The summed E-state index contributed by atoms with van der Waals surface area (Å²) in [5.74, 6) is -2.43. The molecule has 0 heterocycles. The molecule has 0 aromatic heterocycles. The second-order valence-corrected chi connectivity index (χ2v) is 6.13. The molecule has 2 aromatic carbocycles. The van der Waals surface area contributed by atoms with Crippen LogP contribution in [0.1, 0.15) is 29.8 Å². The highest BCUT2D eigenvalue weighted by Crippen LogP contribution is 2.28. The van der Waals surface area contributed by atoms with Gasteiger partial charge in [-0.1, -0.05) is 0 Å². The largest absolute Gasteiger partial charge is 0.493 e. The molecule has 0 aliphatic carbocycles. The monoisotopic (exact) mass is 401 g/mol. The minimum Gasteiger partial charge on any atom is -0.493 e. The zero-order valence-electron chi connectivity index (χ0n) is 16.1. The Hall–Kier alpha value is -3.75. The molecule has 0 aliphatic heterocycles. The molecule has 2 aromatic rings. The zero-order valence-corrected chi connectivity index (χ0v) is 16.1. The van der Waals surface area contributed by atoms with E-state index < -0.39 is 23.6 Å². The van der Waals surface area contributed by atoms with Gasteiger partial charge in [0.1, 0.15) is 5.82 Å². The normalized spacial score (nSPS) is 10.7. The number of esters is 1. The Kier molecular flexibility index (Phi) is 7.41. The number of methoxy groups -OCH3 is 1. The van der Waals surface area contributed by atoms with Gasteiger partial charge in [0, 0.05) is 6.04 Å². The van der Waals surface area contributed by atoms with Crippen LogP contribution in [-0.4, -0.2) is 37.1 Å². The van der Waals surface area contributed by atoms with Crippen molar-refractivity contribution in [1.82, 2.24) is 10.7 Å². The van der Waals surface area contributed by atoms with Crippen LogP contribution in [0.15, 0.2) is 47.6 Å². The average molecular weight is 401 g/mol. The van der Waals surface area contributed by atoms with Crippen LogP contribution in [0.4, 0.5) is 4.39 Å². The van der Waals surface area contributed by atoms with Gasteiger partial charge in [-0.15, -0.1) is 0 Å². The molecule has 2 N–H and O–H groups in total. The molecule has 0 atom stereocenters. The number of carbonyl (C=O) groups is 3. The Bertz CT molecular complexity index is 926. The summed E-state index contributed by atoms with van der Waals surface area (Å²) in [6, 6.07) is 9.33. The summed E-state index contributed by atoms with van der Waals surface area (Å²) in [4.78, 5) is 35.2. The van der Waals surface area contributed by atoms with E-state index in [2.05, 4.69) is 15.8 Å². The van der Waals surface area contributed by atoms with E-state index >= 15 is 0 Å². The Morgan fingerprint density at radius 1 is 1.03 bits per heavy atom. The number of benzene rings is 2. The van der Waals surface area contributed by atoms with E-state index in [0.717, 1.165) is 12.1 Å². The molecule has 0 saturated carbocycles. The van der Waals surface area contributed by atoms with Crippen molar-refractivity contribution in [3.63, 3.8) is 0 Å². The van der Waals surface area contributed by atoms with Crippen molar-refractivity contribution in [3.8, 4) is 11.5 Å². The van der Waals surface area contributed by atoms with Crippen molar-refractivity contribution >= 4 is 24.0 Å². The summed E-state index contributed by atoms with van der Waals surface area (Å²) >= 11 is 0. The number of nitrogens with one attached hydrogen (secondary N) is 2. The van der Waals surface area contributed by atoms with Gasteiger partial charge in [-0.3, -0.25) is 9.59 Å². The van der Waals surface area contributed by atoms with Crippen molar-refractivity contribution in [2.45, 2.75) is 19.9 Å². The number of rotatable bonds is 6. The van der Waals surface area contributed by atoms with Crippen LogP contribution >= 0.6 is 0 Å². The number of ether oxygens (including phenoxy) is 2. The second-order valence-electron chi connectivity index (χ2n) is 6.13. The zero-order chi connectivity index (χ0) is 21.4. The van der Waals surface area contributed by atoms with Gasteiger partial charge >= 0.3 is 17.8 Å². The van der Waals surface area contributed by atoms with E-state index in [0.29, 0.717) is 5.56 Å². The van der Waals surface area contributed by atoms with Crippen LogP contribution in [0.5, 0.6) is 11.5 Å². The Balaban J connectivity index is 2.04. The van der Waals surface area contributed by atoms with E-state index in [1.807, 2.05) is 0 Å². The molecule has 0 aliphatic rings. The molecule has 2 rings (SSSR count). The third kappa shape index (κ3) is 6.42. The first-order valence-electron chi connectivity index (χ1n) is 8.60. The maximum atomic E-state index is 13.0. The van der Waals surface area contributed by atoms with Crippen LogP contribution < -0.4 is 20.2 Å². The van der Waals surface area contributed by atoms with Gasteiger partial charge in [-0.25, -0.2) is 14.6 Å². The standard InChI is InChI=1S/C20H20FN3O5/c1-12(2)23-18(25)19(26)24-22-11-13-4-9-16(17(10-13)28-3)29-20(27)14-5-7-15(21)8-6-14/h4-12H,1-3H3,(H,23,25)(H,24,26)/b22-11-. The Morgan fingerprint density at radius 2 is 1.72 bits per heavy atom. The maximum absolute atomic E-state index is 13.0. The minimum absolute atomic E-state index is 0.152. The van der Waals surface area contributed by atoms with Crippen LogP contribution in [0.25, 0.3) is 0 Å². The first-order valence-corrected chi connectivity index (χ1v) is 8.60. The van der Waals surface area contributed by atoms with Crippen LogP contribution in [-0.2, 0) is 9.59 Å². The highest BCUT2D eigenvalue weighted by atomic mass is 19.1. The van der Waals surface area contributed by atoms with Crippen molar-refractivity contribution in [1.29, 1.82) is 0 Å². The predicted octanol–water partition coefficient (Wildman–Crippen LogP) is 2.03. The Labute approximate surface area is 166 Å². The van der Waals surface area contributed by atoms with Gasteiger partial charge < -0.3 is 14.8 Å². The molecule has 152 valence electrons. The number of hydrazone groups is 1. The second kappa shape index (κ2) is 9.98. The van der Waals surface area contributed by atoms with E-state index in [4.69, 9.17) is 9.47 Å². The van der Waals surface area contributed by atoms with Gasteiger partial charge in [0.15, 0.2) is 11.5 Å². The highest BCUT2D eigenvalue weighted by Gasteiger charge is 2.14. The third-order valence-electron chi connectivity index (χ3n) is 3.48. The summed E-state index contributed by atoms with van der Waals surface area (Å²) in [6.45, 7) is 3.45. The lowest BCUT2D eigenvalue weighted by molar-refractivity contribution is -0.139. The topological polar surface area (TPSA) is 106 Å². The molecule has 0 spiro atoms. The van der Waals surface area contributed by atoms with Gasteiger partial charge in [0.05, 0.1) is 18.9 Å². The molecule has 0 bridgehead atoms. The van der Waals surface area contributed by atoms with Crippen molar-refractivity contribution in [2.24, 2.45) is 5.10 Å². The fourth-order valence-electron chi connectivity index (χ4n) is 2.14. The number of amides is 2. The summed E-state index contributed by atoms with van der Waals surface area (Å²) in [7, 11) is 1.39. The number of carbonyl (C=O) groups excluding carboxylic acids is 3. The average Bonchev–Trinajstić information content (AvgIpc) is 2.68. The van der Waals surface area contributed by atoms with E-state index in [-0.39, 0.29) is 23.1 Å². The number of hydrogen-bond acceptors (Lipinski definition) is 6. The molecule has 8 nitrogen and oxygen atoms in total. The smallest absolute Gasteiger partial charge is 0.343 e. The summed E-state index contributed by atoms with van der Waals surface area (Å²) < 4.78 is 23.4. The predicted molar refractivity (Wildman–Crippen MR) is 103 cm³/mol. The summed E-state index contributed by atoms with van der Waals surface area (Å²) in [5.41, 5.74) is 2.81. The van der Waals surface area contributed by atoms with Crippen molar-refractivity contribution in [2.75, 3.05) is 7.11 Å². The molecule has 29 heavy (non-hydrogen) atoms. The summed E-state index contributed by atoms with van der Waals surface area (Å²) in [5, 5.41) is 6.15. The number of hydrogen-bond donors (Lipinski definition) is 2. The lowest BCUT2D eigenvalue weighted by atomic mass is 10.2. The molecule has 0 saturated heterocycles. The van der Waals surface area contributed by atoms with E-state index in [1.54, 1.807) is 19.9 Å². The molecule has 0 radical (unpaired) electrons. The maximum Gasteiger partial charge on any atom is 0.343 e. The van der Waals surface area contributed by atoms with Crippen molar-refractivity contribution < 1.29 is 28.2 Å². The fraction of sp³-hybridized carbons (Fsp3) is 0.200. The molecule has 2 amide bonds. The lowest BCUT2D eigenvalue weighted by Gasteiger charge is -2.10. The first-order chi connectivity index (χ1) is 13.8. The van der Waals surface area contributed by atoms with Crippen LogP contribution in [0.2, 0.25) is 0 Å². The number of nitrogens with zero attached hydrogens (tertiary/aromatic N) is 1. The van der Waals surface area contributed by atoms with Gasteiger partial charge in [0.25, 0.3) is 0 Å². The third-order valence-corrected chi connectivity index (χ3v) is 3.48. The number of halogens is 1. The highest BCUT2D eigenvalue weighted by molar-refractivity contribution is 6.35. The quantitative estimate of drug-likeness (QED) is 0.253. The molecule has 0 unspecified atom stereocenters. The summed E-state index contributed by atoms with van der Waals surface area (Å²) in [6.07, 6.45) is 1.30. The van der Waals surface area contributed by atoms with Crippen LogP contribution in [0, 0.1) is 5.82 Å². The lowest BCUT2D eigenvalue weighted by Crippen LogP contribution is -2.41. The van der Waals surface area contributed by atoms with Gasteiger partial charge in [-0.05, 0) is 61.9 Å². The van der Waals surface area contributed by atoms with Gasteiger partial charge in [0.2, 0.25) is 0 Å². The molecular formula is C20H20FN3O5. The minimum atomic E-state index is -0.897. The first kappa shape index (κ1) is 21.5. The molecular weight excluding hydrogens is 381 g/mol. The van der Waals surface area contributed by atoms with Crippen LogP contribution in [0.3, 0.4) is 0 Å². The molecule has 9 heteroatoms. The molecule has 0 fully saturated rings. The SMILES string of the molecule is COc1cc(/C=N\NC(=O)C(=O)NC(C)C)ccc1OC(=O)c1ccc(F)cc1. The van der Waals surface area contributed by atoms with E-state index in [9.17, 15) is 18.8 Å². The van der Waals surface area contributed by atoms with E-state index in [1.165, 1.54) is 37.6 Å².